The van der Waals surface area contributed by atoms with Gasteiger partial charge in [-0.25, -0.2) is 0 Å². The summed E-state index contributed by atoms with van der Waals surface area (Å²) in [7, 11) is 3.74. The molecular weight excluding hydrogens is 313 g/mol. The molecule has 21 heavy (non-hydrogen) atoms. The number of likely N-dealkylation sites (N-methyl/N-ethyl adjacent to an activating group) is 1. The summed E-state index contributed by atoms with van der Waals surface area (Å²) in [6, 6.07) is 0.0879. The van der Waals surface area contributed by atoms with Gasteiger partial charge in [0.15, 0.2) is 0 Å². The molecule has 2 saturated carbocycles. The summed E-state index contributed by atoms with van der Waals surface area (Å²) in [5.41, 5.74) is 6.17. The third kappa shape index (κ3) is 5.25. The van der Waals surface area contributed by atoms with Crippen molar-refractivity contribution in [2.45, 2.75) is 25.3 Å². The molecule has 0 aromatic carbocycles. The summed E-state index contributed by atoms with van der Waals surface area (Å²) >= 11 is 0. The maximum absolute atomic E-state index is 12.2. The molecule has 0 radical (unpaired) electrons. The van der Waals surface area contributed by atoms with Crippen LogP contribution in [0, 0.1) is 17.8 Å². The second kappa shape index (κ2) is 9.85. The van der Waals surface area contributed by atoms with Gasteiger partial charge in [0.25, 0.3) is 0 Å². The number of nitrogens with one attached hydrogen (secondary N) is 1. The highest BCUT2D eigenvalue weighted by molar-refractivity contribution is 5.85. The average molecular weight is 342 g/mol. The number of halogens is 2. The van der Waals surface area contributed by atoms with Gasteiger partial charge in [0.1, 0.15) is 0 Å². The Labute approximate surface area is 140 Å². The first kappa shape index (κ1) is 20.9. The van der Waals surface area contributed by atoms with Gasteiger partial charge < -0.3 is 20.7 Å². The number of methoxy groups -OCH3 is 1. The standard InChI is InChI=1S/C14H27N3O2.2ClH/c1-17(7-8-19-2)6-5-16-14(18)12-10-3-4-11(9-10)13(12)15;;/h10-13H,3-9,15H2,1-2H3,(H,16,18);2*1H. The minimum absolute atomic E-state index is 0. The van der Waals surface area contributed by atoms with E-state index in [1.54, 1.807) is 7.11 Å². The zero-order valence-electron chi connectivity index (χ0n) is 12.9. The van der Waals surface area contributed by atoms with Crippen molar-refractivity contribution in [2.75, 3.05) is 40.4 Å². The van der Waals surface area contributed by atoms with Gasteiger partial charge >= 0.3 is 0 Å². The highest BCUT2D eigenvalue weighted by Gasteiger charge is 2.48. The number of fused-ring (bicyclic) bond motifs is 2. The minimum Gasteiger partial charge on any atom is -0.383 e. The van der Waals surface area contributed by atoms with Crippen LogP contribution in [-0.4, -0.2) is 57.2 Å². The van der Waals surface area contributed by atoms with Crippen LogP contribution in [0.3, 0.4) is 0 Å². The normalized spacial score (nSPS) is 29.9. The molecule has 2 rings (SSSR count). The van der Waals surface area contributed by atoms with E-state index in [2.05, 4.69) is 10.2 Å². The van der Waals surface area contributed by atoms with Gasteiger partial charge in [-0.3, -0.25) is 4.79 Å². The Morgan fingerprint density at radius 3 is 2.52 bits per heavy atom. The third-order valence-electron chi connectivity index (χ3n) is 4.75. The molecule has 0 heterocycles. The molecule has 4 atom stereocenters. The Bertz CT molecular complexity index is 319. The lowest BCUT2D eigenvalue weighted by Crippen LogP contribution is -2.46. The van der Waals surface area contributed by atoms with Crippen molar-refractivity contribution in [3.05, 3.63) is 0 Å². The van der Waals surface area contributed by atoms with Crippen LogP contribution >= 0.6 is 24.8 Å². The summed E-state index contributed by atoms with van der Waals surface area (Å²) in [5, 5.41) is 3.05. The van der Waals surface area contributed by atoms with Gasteiger partial charge in [0, 0.05) is 32.8 Å². The van der Waals surface area contributed by atoms with E-state index in [9.17, 15) is 4.79 Å². The van der Waals surface area contributed by atoms with Gasteiger partial charge in [0.2, 0.25) is 5.91 Å². The molecule has 126 valence electrons. The highest BCUT2D eigenvalue weighted by atomic mass is 35.5. The molecule has 4 unspecified atom stereocenters. The predicted molar refractivity (Wildman–Crippen MR) is 89.2 cm³/mol. The van der Waals surface area contributed by atoms with Crippen molar-refractivity contribution >= 4 is 30.7 Å². The molecule has 2 bridgehead atoms. The van der Waals surface area contributed by atoms with Gasteiger partial charge in [0.05, 0.1) is 12.5 Å². The molecule has 0 saturated heterocycles. The van der Waals surface area contributed by atoms with Crippen molar-refractivity contribution in [3.8, 4) is 0 Å². The Balaban J connectivity index is 0.00000200. The van der Waals surface area contributed by atoms with Gasteiger partial charge in [-0.15, -0.1) is 24.8 Å². The van der Waals surface area contributed by atoms with Crippen LogP contribution in [0.4, 0.5) is 0 Å². The molecule has 2 aliphatic carbocycles. The lowest BCUT2D eigenvalue weighted by atomic mass is 9.84. The Hall–Kier alpha value is -0.0700. The summed E-state index contributed by atoms with van der Waals surface area (Å²) < 4.78 is 5.02. The molecule has 3 N–H and O–H groups in total. The first-order chi connectivity index (χ1) is 9.13. The van der Waals surface area contributed by atoms with E-state index in [4.69, 9.17) is 10.5 Å². The monoisotopic (exact) mass is 341 g/mol. The fourth-order valence-corrected chi connectivity index (χ4v) is 3.57. The summed E-state index contributed by atoms with van der Waals surface area (Å²) in [4.78, 5) is 14.4. The Kier molecular flexibility index (Phi) is 9.81. The molecule has 0 aliphatic heterocycles. The number of hydrogen-bond donors (Lipinski definition) is 2. The number of amides is 1. The highest BCUT2D eigenvalue weighted by Crippen LogP contribution is 2.47. The van der Waals surface area contributed by atoms with E-state index in [-0.39, 0.29) is 42.7 Å². The summed E-state index contributed by atoms with van der Waals surface area (Å²) in [6.07, 6.45) is 3.56. The van der Waals surface area contributed by atoms with Gasteiger partial charge in [-0.2, -0.15) is 0 Å². The second-order valence-corrected chi connectivity index (χ2v) is 6.02. The Morgan fingerprint density at radius 2 is 1.95 bits per heavy atom. The summed E-state index contributed by atoms with van der Waals surface area (Å²) in [6.45, 7) is 3.16. The maximum atomic E-state index is 12.2. The van der Waals surface area contributed by atoms with Crippen LogP contribution in [0.25, 0.3) is 0 Å². The molecule has 2 fully saturated rings. The zero-order chi connectivity index (χ0) is 13.8. The van der Waals surface area contributed by atoms with Crippen LogP contribution < -0.4 is 11.1 Å². The summed E-state index contributed by atoms with van der Waals surface area (Å²) in [5.74, 6) is 1.35. The molecular formula is C14H29Cl2N3O2. The number of nitrogens with zero attached hydrogens (tertiary/aromatic N) is 1. The lowest BCUT2D eigenvalue weighted by Gasteiger charge is -2.27. The lowest BCUT2D eigenvalue weighted by molar-refractivity contribution is -0.127. The van der Waals surface area contributed by atoms with Crippen LogP contribution in [0.2, 0.25) is 0 Å². The minimum atomic E-state index is 0. The van der Waals surface area contributed by atoms with E-state index in [0.29, 0.717) is 18.4 Å². The van der Waals surface area contributed by atoms with E-state index >= 15 is 0 Å². The van der Waals surface area contributed by atoms with Crippen molar-refractivity contribution in [2.24, 2.45) is 23.5 Å². The van der Waals surface area contributed by atoms with Crippen molar-refractivity contribution in [3.63, 3.8) is 0 Å². The largest absolute Gasteiger partial charge is 0.383 e. The number of ether oxygens (including phenoxy) is 1. The second-order valence-electron chi connectivity index (χ2n) is 6.02. The van der Waals surface area contributed by atoms with E-state index in [1.807, 2.05) is 7.05 Å². The number of carbonyl (C=O) groups is 1. The molecule has 2 aliphatic rings. The number of hydrogen-bond acceptors (Lipinski definition) is 4. The molecule has 7 heteroatoms. The number of carbonyl (C=O) groups excluding carboxylic acids is 1. The molecule has 0 spiro atoms. The number of nitrogens with two attached hydrogens (primary N) is 1. The number of rotatable bonds is 7. The van der Waals surface area contributed by atoms with Crippen molar-refractivity contribution in [1.29, 1.82) is 0 Å². The van der Waals surface area contributed by atoms with Gasteiger partial charge in [-0.1, -0.05) is 0 Å². The maximum Gasteiger partial charge on any atom is 0.225 e. The van der Waals surface area contributed by atoms with Crippen LogP contribution in [0.15, 0.2) is 0 Å². The van der Waals surface area contributed by atoms with Crippen molar-refractivity contribution < 1.29 is 9.53 Å². The molecule has 0 aromatic heterocycles. The van der Waals surface area contributed by atoms with Crippen LogP contribution in [0.5, 0.6) is 0 Å². The van der Waals surface area contributed by atoms with Crippen LogP contribution in [0.1, 0.15) is 19.3 Å². The molecule has 1 amide bonds. The Morgan fingerprint density at radius 1 is 1.29 bits per heavy atom. The van der Waals surface area contributed by atoms with E-state index < -0.39 is 0 Å². The zero-order valence-corrected chi connectivity index (χ0v) is 14.5. The topological polar surface area (TPSA) is 67.6 Å². The third-order valence-corrected chi connectivity index (χ3v) is 4.75. The SMILES string of the molecule is COCCN(C)CCNC(=O)C1C2CCC(C2)C1N.Cl.Cl. The first-order valence-electron chi connectivity index (χ1n) is 7.34. The molecule has 5 nitrogen and oxygen atoms in total. The fraction of sp³-hybridized carbons (Fsp3) is 0.929. The quantitative estimate of drug-likeness (QED) is 0.721. The van der Waals surface area contributed by atoms with Crippen molar-refractivity contribution in [1.82, 2.24) is 10.2 Å². The van der Waals surface area contributed by atoms with Crippen LogP contribution in [-0.2, 0) is 9.53 Å². The van der Waals surface area contributed by atoms with Gasteiger partial charge in [-0.05, 0) is 38.1 Å². The molecule has 0 aromatic rings. The van der Waals surface area contributed by atoms with E-state index in [0.717, 1.165) is 26.1 Å². The first-order valence-corrected chi connectivity index (χ1v) is 7.34. The predicted octanol–water partition coefficient (Wildman–Crippen LogP) is 0.898. The van der Waals surface area contributed by atoms with E-state index in [1.165, 1.54) is 12.8 Å². The average Bonchev–Trinajstić information content (AvgIpc) is 2.96. The fourth-order valence-electron chi connectivity index (χ4n) is 3.57. The smallest absolute Gasteiger partial charge is 0.225 e.